The number of fused-ring (bicyclic) bond motifs is 14. The maximum Gasteiger partial charge on any atom is 0.333 e. The van der Waals surface area contributed by atoms with Gasteiger partial charge in [0.25, 0.3) is 0 Å². The number of furan rings is 1. The molecule has 0 amide bonds. The Morgan fingerprint density at radius 1 is 0.449 bits per heavy atom. The Bertz CT molecular complexity index is 4760. The molecule has 0 atom stereocenters. The van der Waals surface area contributed by atoms with E-state index >= 15 is 0 Å². The molecule has 3 aliphatic carbocycles. The van der Waals surface area contributed by atoms with E-state index < -0.39 is 0 Å². The van der Waals surface area contributed by atoms with Crippen molar-refractivity contribution in [3.63, 3.8) is 0 Å². The highest BCUT2D eigenvalue weighted by Crippen LogP contribution is 2.61. The van der Waals surface area contributed by atoms with Crippen LogP contribution in [0.5, 0.6) is 0 Å². The van der Waals surface area contributed by atoms with Crippen LogP contribution < -0.4 is 25.5 Å². The minimum absolute atomic E-state index is 0.00802. The summed E-state index contributed by atoms with van der Waals surface area (Å²) in [4.78, 5) is 8.03. The fourth-order valence-corrected chi connectivity index (χ4v) is 16.9. The van der Waals surface area contributed by atoms with Gasteiger partial charge in [0.15, 0.2) is 5.58 Å². The zero-order valence-electron chi connectivity index (χ0n) is 54.6. The van der Waals surface area contributed by atoms with Crippen molar-refractivity contribution in [1.29, 1.82) is 0 Å². The molecule has 0 radical (unpaired) electrons. The summed E-state index contributed by atoms with van der Waals surface area (Å²) in [5, 5.41) is 2.27. The first-order chi connectivity index (χ1) is 42.4. The summed E-state index contributed by atoms with van der Waals surface area (Å²) in [5.41, 5.74) is 32.0. The molecule has 0 spiro atoms. The number of hydrogen-bond donors (Lipinski definition) is 0. The van der Waals surface area contributed by atoms with E-state index in [1.807, 2.05) is 0 Å². The second kappa shape index (κ2) is 19.0. The summed E-state index contributed by atoms with van der Waals surface area (Å²) in [6.45, 7) is 33.8. The summed E-state index contributed by atoms with van der Waals surface area (Å²) in [5.74, 6) is 0. The highest BCUT2D eigenvalue weighted by atomic mass is 16.3. The van der Waals surface area contributed by atoms with Gasteiger partial charge in [-0.1, -0.05) is 211 Å². The summed E-state index contributed by atoms with van der Waals surface area (Å²) in [7, 11) is 0. The van der Waals surface area contributed by atoms with Crippen molar-refractivity contribution in [2.45, 2.75) is 155 Å². The number of nitrogens with zero attached hydrogens (tertiary/aromatic N) is 3. The maximum atomic E-state index is 7.37. The van der Waals surface area contributed by atoms with Gasteiger partial charge in [-0.2, -0.15) is 0 Å². The molecule has 0 N–H and O–H groups in total. The molecule has 4 nitrogen and oxygen atoms in total. The largest absolute Gasteiger partial charge is 0.454 e. The van der Waals surface area contributed by atoms with Gasteiger partial charge in [-0.05, 0) is 216 Å². The van der Waals surface area contributed by atoms with E-state index in [9.17, 15) is 0 Å². The second-order valence-corrected chi connectivity index (χ2v) is 31.1. The van der Waals surface area contributed by atoms with Gasteiger partial charge in [0.2, 0.25) is 0 Å². The topological polar surface area (TPSA) is 22.9 Å². The molecule has 0 fully saturated rings. The van der Waals surface area contributed by atoms with Crippen molar-refractivity contribution < 1.29 is 4.42 Å². The zero-order chi connectivity index (χ0) is 61.6. The van der Waals surface area contributed by atoms with Gasteiger partial charge in [-0.15, -0.1) is 0 Å². The van der Waals surface area contributed by atoms with Gasteiger partial charge in [-0.25, -0.2) is 0 Å². The molecular formula is C84H82BN3O. The van der Waals surface area contributed by atoms with Crippen molar-refractivity contribution in [3.8, 4) is 33.4 Å². The molecule has 5 heteroatoms. The molecule has 89 heavy (non-hydrogen) atoms. The first kappa shape index (κ1) is 55.8. The highest BCUT2D eigenvalue weighted by Gasteiger charge is 2.52. The molecular weight excluding hydrogens is 1080 g/mol. The third kappa shape index (κ3) is 8.25. The quantitative estimate of drug-likeness (QED) is 0.155. The predicted octanol–water partition coefficient (Wildman–Crippen LogP) is 22.0. The molecule has 0 saturated carbocycles. The third-order valence-corrected chi connectivity index (χ3v) is 22.2. The molecule has 10 aromatic carbocycles. The van der Waals surface area contributed by atoms with Crippen molar-refractivity contribution in [2.24, 2.45) is 0 Å². The Hall–Kier alpha value is -8.54. The van der Waals surface area contributed by atoms with E-state index in [4.69, 9.17) is 4.42 Å². The van der Waals surface area contributed by atoms with Gasteiger partial charge >= 0.3 is 6.85 Å². The standard InChI is InChI=1S/C84H82BN3O/c1-51-46-67-69(83(11,12)45-44-81(67,7)8)50-71(51)87-72-48-57(86(56-34-30-54(31-35-56)79(2,3)4)55-32-28-53(29-33-55)52-22-16-15-17-23-52)37-41-70(72)85-75-64(49-63-59-24-18-20-26-65(59)84(13,14)74(63)77(75)87)61-38-39-62-60-25-19-21-27-73(60)89-78(62)76(61)88(85)58-36-40-66-68(47-58)82(9,10)43-42-80(66,5)6/h15-41,46-50H,42-45H2,1-14H3. The van der Waals surface area contributed by atoms with Crippen molar-refractivity contribution in [2.75, 3.05) is 14.6 Å². The summed E-state index contributed by atoms with van der Waals surface area (Å²) in [6, 6.07) is 75.0. The average Bonchev–Trinajstić information content (AvgIpc) is 1.66. The van der Waals surface area contributed by atoms with Gasteiger partial charge < -0.3 is 19.0 Å². The Kier molecular flexibility index (Phi) is 11.9. The Morgan fingerprint density at radius 2 is 1.04 bits per heavy atom. The molecule has 442 valence electrons. The number of rotatable bonds is 6. The Morgan fingerprint density at radius 3 is 1.74 bits per heavy atom. The van der Waals surface area contributed by atoms with Crippen LogP contribution in [-0.4, -0.2) is 6.85 Å². The molecule has 16 rings (SSSR count). The van der Waals surface area contributed by atoms with Crippen LogP contribution in [0.3, 0.4) is 0 Å². The minimum atomic E-state index is -0.367. The lowest BCUT2D eigenvalue weighted by molar-refractivity contribution is 0.332. The molecule has 11 aromatic rings. The fourth-order valence-electron chi connectivity index (χ4n) is 16.9. The first-order valence-electron chi connectivity index (χ1n) is 32.8. The van der Waals surface area contributed by atoms with Gasteiger partial charge in [0.05, 0.1) is 5.69 Å². The lowest BCUT2D eigenvalue weighted by Gasteiger charge is -2.49. The monoisotopic (exact) mass is 1160 g/mol. The number of para-hydroxylation sites is 1. The van der Waals surface area contributed by atoms with Crippen LogP contribution >= 0.6 is 0 Å². The maximum absolute atomic E-state index is 7.37. The number of anilines is 8. The molecule has 1 aromatic heterocycles. The second-order valence-electron chi connectivity index (χ2n) is 31.1. The number of hydrogen-bond acceptors (Lipinski definition) is 4. The summed E-state index contributed by atoms with van der Waals surface area (Å²) >= 11 is 0. The summed E-state index contributed by atoms with van der Waals surface area (Å²) < 4.78 is 7.37. The van der Waals surface area contributed by atoms with Crippen LogP contribution in [0.1, 0.15) is 160 Å². The summed E-state index contributed by atoms with van der Waals surface area (Å²) in [6.07, 6.45) is 4.55. The molecule has 0 bridgehead atoms. The predicted molar refractivity (Wildman–Crippen MR) is 379 cm³/mol. The Balaban J connectivity index is 1.05. The molecule has 0 saturated heterocycles. The number of benzene rings is 10. The van der Waals surface area contributed by atoms with Crippen LogP contribution in [0.15, 0.2) is 199 Å². The lowest BCUT2D eigenvalue weighted by atomic mass is 9.42. The van der Waals surface area contributed by atoms with E-state index in [1.54, 1.807) is 0 Å². The molecule has 2 aliphatic heterocycles. The van der Waals surface area contributed by atoms with Crippen molar-refractivity contribution in [1.82, 2.24) is 0 Å². The van der Waals surface area contributed by atoms with Crippen LogP contribution in [-0.2, 0) is 32.5 Å². The molecule has 5 aliphatic rings. The smallest absolute Gasteiger partial charge is 0.333 e. The van der Waals surface area contributed by atoms with Crippen LogP contribution in [0.4, 0.5) is 45.5 Å². The van der Waals surface area contributed by atoms with Crippen LogP contribution in [0.25, 0.3) is 55.3 Å². The fraction of sp³-hybridized carbons (Fsp3) is 0.286. The lowest BCUT2D eigenvalue weighted by Crippen LogP contribution is -2.62. The third-order valence-electron chi connectivity index (χ3n) is 22.2. The molecule has 0 unspecified atom stereocenters. The van der Waals surface area contributed by atoms with Crippen LogP contribution in [0.2, 0.25) is 0 Å². The SMILES string of the molecule is Cc1cc2c(cc1N1c3cc(N(c4ccc(-c5ccccc5)cc4)c4ccc(C(C)(C)C)cc4)ccc3B3c4c(cc5c(c41)C(C)(C)c1ccccc1-5)-c1ccc4c(oc5ccccc54)c1N3c1ccc3c(c1)C(C)(C)CCC3(C)C)C(C)(C)CCC2(C)C. The first-order valence-corrected chi connectivity index (χ1v) is 32.8. The van der Waals surface area contributed by atoms with E-state index in [0.717, 1.165) is 70.4 Å². The van der Waals surface area contributed by atoms with E-state index in [-0.39, 0.29) is 39.3 Å². The van der Waals surface area contributed by atoms with Crippen LogP contribution in [0, 0.1) is 6.92 Å². The minimum Gasteiger partial charge on any atom is -0.454 e. The van der Waals surface area contributed by atoms with E-state index in [0.29, 0.717) is 0 Å². The normalized spacial score (nSPS) is 17.5. The average molecular weight is 1160 g/mol. The zero-order valence-corrected chi connectivity index (χ0v) is 54.6. The van der Waals surface area contributed by atoms with Gasteiger partial charge in [-0.3, -0.25) is 0 Å². The van der Waals surface area contributed by atoms with E-state index in [2.05, 4.69) is 306 Å². The Labute approximate surface area is 528 Å². The van der Waals surface area contributed by atoms with Crippen molar-refractivity contribution >= 4 is 85.2 Å². The highest BCUT2D eigenvalue weighted by molar-refractivity contribution is 6.94. The van der Waals surface area contributed by atoms with Gasteiger partial charge in [0, 0.05) is 61.6 Å². The van der Waals surface area contributed by atoms with Crippen molar-refractivity contribution in [3.05, 3.63) is 239 Å². The number of aryl methyl sites for hydroxylation is 1. The van der Waals surface area contributed by atoms with E-state index in [1.165, 1.54) is 112 Å². The van der Waals surface area contributed by atoms with Gasteiger partial charge in [0.1, 0.15) is 5.58 Å². The molecule has 3 heterocycles.